The van der Waals surface area contributed by atoms with Gasteiger partial charge in [-0.25, -0.2) is 4.79 Å². The number of amides is 1. The van der Waals surface area contributed by atoms with E-state index in [1.165, 1.54) is 11.3 Å². The van der Waals surface area contributed by atoms with E-state index in [1.807, 2.05) is 31.4 Å². The van der Waals surface area contributed by atoms with Crippen LogP contribution in [0.1, 0.15) is 13.8 Å². The number of thiophene rings is 1. The van der Waals surface area contributed by atoms with Crippen molar-refractivity contribution < 1.29 is 13.9 Å². The minimum atomic E-state index is -0.620. The lowest BCUT2D eigenvalue weighted by molar-refractivity contribution is -0.144. The first-order chi connectivity index (χ1) is 10.5. The summed E-state index contributed by atoms with van der Waals surface area (Å²) in [5, 5.41) is 5.97. The van der Waals surface area contributed by atoms with Crippen molar-refractivity contribution >= 4 is 17.2 Å². The Morgan fingerprint density at radius 3 is 3.05 bits per heavy atom. The van der Waals surface area contributed by atoms with Crippen LogP contribution in [0.3, 0.4) is 0 Å². The van der Waals surface area contributed by atoms with E-state index in [4.69, 9.17) is 9.15 Å². The van der Waals surface area contributed by atoms with Gasteiger partial charge >= 0.3 is 5.76 Å². The molecular formula is C14H17N3O4S. The topological polar surface area (TPSA) is 77.6 Å². The maximum Gasteiger partial charge on any atom is 0.437 e. The second-order valence-corrected chi connectivity index (χ2v) is 6.29. The molecule has 0 aliphatic carbocycles. The molecule has 1 aliphatic heterocycles. The first-order valence-corrected chi connectivity index (χ1v) is 7.95. The lowest BCUT2D eigenvalue weighted by atomic mass is 10.2. The number of hydrogen-bond donors (Lipinski definition) is 0. The molecule has 118 valence electrons. The Morgan fingerprint density at radius 1 is 1.50 bits per heavy atom. The summed E-state index contributed by atoms with van der Waals surface area (Å²) >= 11 is 1.43. The van der Waals surface area contributed by atoms with Crippen molar-refractivity contribution in [2.24, 2.45) is 0 Å². The Hall–Kier alpha value is -1.93. The van der Waals surface area contributed by atoms with Crippen LogP contribution in [-0.4, -0.2) is 45.9 Å². The third-order valence-electron chi connectivity index (χ3n) is 3.55. The van der Waals surface area contributed by atoms with Crippen molar-refractivity contribution in [3.8, 4) is 10.8 Å². The molecule has 0 N–H and O–H groups in total. The number of hydrogen-bond acceptors (Lipinski definition) is 6. The zero-order valence-corrected chi connectivity index (χ0v) is 13.2. The van der Waals surface area contributed by atoms with Crippen molar-refractivity contribution in [2.45, 2.75) is 32.5 Å². The van der Waals surface area contributed by atoms with E-state index in [-0.39, 0.29) is 30.5 Å². The molecule has 0 spiro atoms. The van der Waals surface area contributed by atoms with Crippen LogP contribution in [-0.2, 0) is 16.1 Å². The number of aromatic nitrogens is 2. The van der Waals surface area contributed by atoms with Gasteiger partial charge in [0.2, 0.25) is 5.91 Å². The normalized spacial score (nSPS) is 22.0. The van der Waals surface area contributed by atoms with Crippen LogP contribution < -0.4 is 5.76 Å². The number of rotatable bonds is 3. The van der Waals surface area contributed by atoms with E-state index in [1.54, 1.807) is 4.90 Å². The highest BCUT2D eigenvalue weighted by molar-refractivity contribution is 7.13. The summed E-state index contributed by atoms with van der Waals surface area (Å²) in [5.41, 5.74) is 0. The monoisotopic (exact) mass is 323 g/mol. The predicted octanol–water partition coefficient (Wildman–Crippen LogP) is 1.20. The quantitative estimate of drug-likeness (QED) is 0.848. The first-order valence-electron chi connectivity index (χ1n) is 7.07. The minimum absolute atomic E-state index is 0.00383. The summed E-state index contributed by atoms with van der Waals surface area (Å²) in [6.45, 7) is 4.74. The highest BCUT2D eigenvalue weighted by atomic mass is 32.1. The summed E-state index contributed by atoms with van der Waals surface area (Å²) in [6.07, 6.45) is -0.00383. The van der Waals surface area contributed by atoms with E-state index in [2.05, 4.69) is 5.10 Å². The van der Waals surface area contributed by atoms with Crippen molar-refractivity contribution in [3.63, 3.8) is 0 Å². The molecule has 0 bridgehead atoms. The molecule has 7 nitrogen and oxygen atoms in total. The highest BCUT2D eigenvalue weighted by Crippen LogP contribution is 2.21. The maximum atomic E-state index is 12.4. The minimum Gasteiger partial charge on any atom is -0.387 e. The van der Waals surface area contributed by atoms with Gasteiger partial charge in [-0.3, -0.25) is 4.79 Å². The van der Waals surface area contributed by atoms with Gasteiger partial charge in [0, 0.05) is 6.54 Å². The van der Waals surface area contributed by atoms with Crippen LogP contribution in [0.25, 0.3) is 10.8 Å². The van der Waals surface area contributed by atoms with Crippen molar-refractivity contribution in [2.75, 3.05) is 13.2 Å². The number of morpholine rings is 1. The molecule has 3 heterocycles. The third-order valence-corrected chi connectivity index (χ3v) is 4.41. The van der Waals surface area contributed by atoms with Crippen molar-refractivity contribution in [1.29, 1.82) is 0 Å². The van der Waals surface area contributed by atoms with Gasteiger partial charge in [-0.15, -0.1) is 16.4 Å². The van der Waals surface area contributed by atoms with Gasteiger partial charge in [0.05, 0.1) is 23.6 Å². The number of carbonyl (C=O) groups is 1. The molecule has 1 amide bonds. The number of ether oxygens (including phenoxy) is 1. The van der Waals surface area contributed by atoms with Crippen molar-refractivity contribution in [1.82, 2.24) is 14.7 Å². The zero-order chi connectivity index (χ0) is 15.7. The largest absolute Gasteiger partial charge is 0.437 e. The van der Waals surface area contributed by atoms with Crippen LogP contribution in [0, 0.1) is 0 Å². The van der Waals surface area contributed by atoms with Crippen LogP contribution in [0.2, 0.25) is 0 Å². The van der Waals surface area contributed by atoms with E-state index in [0.717, 1.165) is 9.56 Å². The Balaban J connectivity index is 1.75. The molecule has 1 fully saturated rings. The molecule has 0 radical (unpaired) electrons. The summed E-state index contributed by atoms with van der Waals surface area (Å²) in [6, 6.07) is 3.65. The first kappa shape index (κ1) is 15.0. The average Bonchev–Trinajstić information content (AvgIpc) is 3.12. The van der Waals surface area contributed by atoms with Gasteiger partial charge in [-0.1, -0.05) is 6.07 Å². The molecule has 0 saturated carbocycles. The van der Waals surface area contributed by atoms with Crippen LogP contribution in [0.4, 0.5) is 0 Å². The van der Waals surface area contributed by atoms with Gasteiger partial charge in [-0.05, 0) is 25.3 Å². The Labute approximate surface area is 131 Å². The van der Waals surface area contributed by atoms with Gasteiger partial charge in [0.1, 0.15) is 6.54 Å². The predicted molar refractivity (Wildman–Crippen MR) is 80.7 cm³/mol. The van der Waals surface area contributed by atoms with E-state index in [0.29, 0.717) is 13.2 Å². The second kappa shape index (κ2) is 6.05. The molecule has 8 heteroatoms. The Kier molecular flexibility index (Phi) is 4.12. The molecule has 2 aromatic heterocycles. The molecule has 3 rings (SSSR count). The average molecular weight is 323 g/mol. The lowest BCUT2D eigenvalue weighted by Crippen LogP contribution is -2.51. The molecule has 2 aromatic rings. The maximum absolute atomic E-state index is 12.4. The number of nitrogens with zero attached hydrogens (tertiary/aromatic N) is 3. The SMILES string of the molecule is C[C@@H]1CN(C(=O)Cn2nc(-c3cccs3)oc2=O)[C@H](C)CO1. The molecule has 1 aliphatic rings. The van der Waals surface area contributed by atoms with Gasteiger partial charge < -0.3 is 14.1 Å². The highest BCUT2D eigenvalue weighted by Gasteiger charge is 2.28. The fraction of sp³-hybridized carbons (Fsp3) is 0.500. The smallest absolute Gasteiger partial charge is 0.387 e. The molecule has 22 heavy (non-hydrogen) atoms. The standard InChI is InChI=1S/C14H17N3O4S/c1-9-8-20-10(2)6-16(9)12(18)7-17-14(19)21-13(15-17)11-4-3-5-22-11/h3-5,9-10H,6-8H2,1-2H3/t9-,10-/m1/s1. The third kappa shape index (κ3) is 2.97. The molecule has 0 unspecified atom stereocenters. The van der Waals surface area contributed by atoms with Crippen LogP contribution in [0.15, 0.2) is 26.7 Å². The zero-order valence-electron chi connectivity index (χ0n) is 12.4. The lowest BCUT2D eigenvalue weighted by Gasteiger charge is -2.36. The summed E-state index contributed by atoms with van der Waals surface area (Å²) < 4.78 is 11.7. The Bertz CT molecular complexity index is 706. The van der Waals surface area contributed by atoms with Gasteiger partial charge in [0.25, 0.3) is 5.89 Å². The van der Waals surface area contributed by atoms with Crippen LogP contribution in [0.5, 0.6) is 0 Å². The van der Waals surface area contributed by atoms with Crippen molar-refractivity contribution in [3.05, 3.63) is 28.1 Å². The van der Waals surface area contributed by atoms with E-state index < -0.39 is 5.76 Å². The molecule has 1 saturated heterocycles. The van der Waals surface area contributed by atoms with E-state index in [9.17, 15) is 9.59 Å². The Morgan fingerprint density at radius 2 is 2.32 bits per heavy atom. The number of carbonyl (C=O) groups excluding carboxylic acids is 1. The molecular weight excluding hydrogens is 306 g/mol. The van der Waals surface area contributed by atoms with Gasteiger partial charge in [0.15, 0.2) is 0 Å². The molecule has 2 atom stereocenters. The fourth-order valence-corrected chi connectivity index (χ4v) is 3.02. The fourth-order valence-electron chi connectivity index (χ4n) is 2.38. The molecule has 0 aromatic carbocycles. The summed E-state index contributed by atoms with van der Waals surface area (Å²) in [5.74, 6) is -0.530. The second-order valence-electron chi connectivity index (χ2n) is 5.35. The van der Waals surface area contributed by atoms with E-state index >= 15 is 0 Å². The summed E-state index contributed by atoms with van der Waals surface area (Å²) in [7, 11) is 0. The van der Waals surface area contributed by atoms with Gasteiger partial charge in [-0.2, -0.15) is 4.68 Å². The summed E-state index contributed by atoms with van der Waals surface area (Å²) in [4.78, 5) is 26.7. The van der Waals surface area contributed by atoms with Crippen LogP contribution >= 0.6 is 11.3 Å².